The Hall–Kier alpha value is -1.68. The fourth-order valence-electron chi connectivity index (χ4n) is 3.17. The fourth-order valence-corrected chi connectivity index (χ4v) is 3.17. The molecule has 0 amide bonds. The third kappa shape index (κ3) is 2.86. The van der Waals surface area contributed by atoms with E-state index >= 15 is 0 Å². The number of hydrogen-bond acceptors (Lipinski definition) is 1. The lowest BCUT2D eigenvalue weighted by molar-refractivity contribution is 0.527. The second kappa shape index (κ2) is 5.98. The molecule has 2 nitrogen and oxygen atoms in total. The van der Waals surface area contributed by atoms with Gasteiger partial charge in [0.1, 0.15) is 11.6 Å². The average Bonchev–Trinajstić information content (AvgIpc) is 2.77. The van der Waals surface area contributed by atoms with E-state index in [-0.39, 0.29) is 12.1 Å². The summed E-state index contributed by atoms with van der Waals surface area (Å²) >= 11 is 0. The maximum atomic E-state index is 13.8. The first-order valence-corrected chi connectivity index (χ1v) is 7.47. The van der Waals surface area contributed by atoms with Gasteiger partial charge in [-0.15, -0.1) is 0 Å². The molecule has 3 rings (SSSR count). The number of hydrogen-bond donors (Lipinski definition) is 1. The van der Waals surface area contributed by atoms with Crippen LogP contribution in [0.25, 0.3) is 0 Å². The summed E-state index contributed by atoms with van der Waals surface area (Å²) in [7, 11) is 1.97. The minimum absolute atomic E-state index is 0.128. The molecule has 1 heterocycles. The van der Waals surface area contributed by atoms with Gasteiger partial charge in [-0.2, -0.15) is 0 Å². The molecule has 1 atom stereocenters. The maximum absolute atomic E-state index is 13.8. The van der Waals surface area contributed by atoms with Gasteiger partial charge < -0.3 is 9.88 Å². The molecule has 0 spiro atoms. The number of aryl methyl sites for hydroxylation is 1. The zero-order valence-corrected chi connectivity index (χ0v) is 12.2. The number of fused-ring (bicyclic) bond motifs is 1. The number of rotatable bonds is 3. The molecule has 4 heteroatoms. The highest BCUT2D eigenvalue weighted by atomic mass is 19.1. The largest absolute Gasteiger partial charge is 0.349 e. The average molecular weight is 290 g/mol. The highest BCUT2D eigenvalue weighted by Crippen LogP contribution is 2.29. The van der Waals surface area contributed by atoms with Crippen molar-refractivity contribution in [3.8, 4) is 0 Å². The highest BCUT2D eigenvalue weighted by Gasteiger charge is 2.19. The summed E-state index contributed by atoms with van der Waals surface area (Å²) in [6.45, 7) is 0.238. The molecule has 0 bridgehead atoms. The summed E-state index contributed by atoms with van der Waals surface area (Å²) in [4.78, 5) is 0. The normalized spacial score (nSPS) is 18.3. The van der Waals surface area contributed by atoms with Gasteiger partial charge in [-0.1, -0.05) is 12.5 Å². The Morgan fingerprint density at radius 2 is 1.95 bits per heavy atom. The third-order valence-electron chi connectivity index (χ3n) is 4.31. The second-order valence-electron chi connectivity index (χ2n) is 5.70. The molecule has 1 unspecified atom stereocenters. The van der Waals surface area contributed by atoms with Gasteiger partial charge in [-0.05, 0) is 49.6 Å². The molecule has 0 fully saturated rings. The molecule has 1 aliphatic rings. The van der Waals surface area contributed by atoms with Crippen LogP contribution in [0.5, 0.6) is 0 Å². The van der Waals surface area contributed by atoms with Crippen molar-refractivity contribution < 1.29 is 8.78 Å². The Morgan fingerprint density at radius 3 is 2.67 bits per heavy atom. The predicted molar refractivity (Wildman–Crippen MR) is 79.2 cm³/mol. The molecular formula is C17H20F2N2. The van der Waals surface area contributed by atoms with Crippen molar-refractivity contribution in [1.29, 1.82) is 0 Å². The van der Waals surface area contributed by atoms with E-state index in [1.165, 1.54) is 42.2 Å². The number of nitrogens with zero attached hydrogens (tertiary/aromatic N) is 1. The van der Waals surface area contributed by atoms with Gasteiger partial charge in [0, 0.05) is 24.0 Å². The summed E-state index contributed by atoms with van der Waals surface area (Å²) in [6, 6.07) is 4.36. The third-order valence-corrected chi connectivity index (χ3v) is 4.31. The first-order chi connectivity index (χ1) is 10.2. The molecule has 2 aromatic rings. The van der Waals surface area contributed by atoms with Gasteiger partial charge >= 0.3 is 0 Å². The second-order valence-corrected chi connectivity index (χ2v) is 5.70. The van der Waals surface area contributed by atoms with Crippen LogP contribution >= 0.6 is 0 Å². The lowest BCUT2D eigenvalue weighted by Gasteiger charge is -2.13. The van der Waals surface area contributed by atoms with Crippen molar-refractivity contribution in [3.05, 3.63) is 58.9 Å². The van der Waals surface area contributed by atoms with Crippen molar-refractivity contribution in [2.24, 2.45) is 0 Å². The molecule has 1 aromatic carbocycles. The molecular weight excluding hydrogens is 270 g/mol. The zero-order chi connectivity index (χ0) is 14.8. The van der Waals surface area contributed by atoms with Crippen molar-refractivity contribution in [2.75, 3.05) is 7.05 Å². The monoisotopic (exact) mass is 290 g/mol. The van der Waals surface area contributed by atoms with Crippen LogP contribution in [0, 0.1) is 11.6 Å². The van der Waals surface area contributed by atoms with Crippen molar-refractivity contribution >= 4 is 0 Å². The lowest BCUT2D eigenvalue weighted by atomic mass is 10.1. The van der Waals surface area contributed by atoms with E-state index in [1.807, 2.05) is 24.0 Å². The van der Waals surface area contributed by atoms with Gasteiger partial charge in [-0.25, -0.2) is 8.78 Å². The smallest absolute Gasteiger partial charge is 0.131 e. The molecule has 1 aromatic heterocycles. The van der Waals surface area contributed by atoms with E-state index in [4.69, 9.17) is 0 Å². The number of aromatic nitrogens is 1. The summed E-state index contributed by atoms with van der Waals surface area (Å²) in [5.41, 5.74) is 2.69. The predicted octanol–water partition coefficient (Wildman–Crippen LogP) is 3.80. The Bertz CT molecular complexity index is 613. The van der Waals surface area contributed by atoms with Crippen LogP contribution in [-0.2, 0) is 13.0 Å². The van der Waals surface area contributed by atoms with Gasteiger partial charge in [0.15, 0.2) is 0 Å². The molecule has 0 saturated heterocycles. The Kier molecular flexibility index (Phi) is 4.06. The maximum Gasteiger partial charge on any atom is 0.131 e. The number of benzene rings is 1. The van der Waals surface area contributed by atoms with Crippen molar-refractivity contribution in [1.82, 2.24) is 9.88 Å². The lowest BCUT2D eigenvalue weighted by Crippen LogP contribution is -2.15. The van der Waals surface area contributed by atoms with E-state index in [9.17, 15) is 8.78 Å². The Balaban J connectivity index is 1.91. The zero-order valence-electron chi connectivity index (χ0n) is 12.2. The molecule has 1 N–H and O–H groups in total. The number of halogens is 2. The van der Waals surface area contributed by atoms with Crippen LogP contribution < -0.4 is 5.32 Å². The summed E-state index contributed by atoms with van der Waals surface area (Å²) in [6.07, 6.45) is 8.61. The van der Waals surface area contributed by atoms with E-state index in [0.29, 0.717) is 6.04 Å². The van der Waals surface area contributed by atoms with E-state index in [1.54, 1.807) is 0 Å². The van der Waals surface area contributed by atoms with Gasteiger partial charge in [0.05, 0.1) is 6.54 Å². The van der Waals surface area contributed by atoms with Crippen LogP contribution in [-0.4, -0.2) is 11.6 Å². The fraction of sp³-hybridized carbons (Fsp3) is 0.412. The summed E-state index contributed by atoms with van der Waals surface area (Å²) in [5, 5.41) is 3.34. The van der Waals surface area contributed by atoms with Gasteiger partial charge in [-0.3, -0.25) is 0 Å². The first-order valence-electron chi connectivity index (χ1n) is 7.47. The topological polar surface area (TPSA) is 17.0 Å². The van der Waals surface area contributed by atoms with E-state index in [0.717, 1.165) is 12.8 Å². The minimum Gasteiger partial charge on any atom is -0.349 e. The van der Waals surface area contributed by atoms with Crippen molar-refractivity contribution in [3.63, 3.8) is 0 Å². The standard InChI is InChI=1S/C17H20F2N2/c1-20-17-8-3-2-5-12-9-21(10-13(12)17)11-14-15(18)6-4-7-16(14)19/h4,6-7,9-10,17,20H,2-3,5,8,11H2,1H3. The van der Waals surface area contributed by atoms with Crippen LogP contribution in [0.4, 0.5) is 8.78 Å². The first kappa shape index (κ1) is 14.3. The van der Waals surface area contributed by atoms with Crippen LogP contribution in [0.2, 0.25) is 0 Å². The van der Waals surface area contributed by atoms with Crippen LogP contribution in [0.3, 0.4) is 0 Å². The highest BCUT2D eigenvalue weighted by molar-refractivity contribution is 5.30. The minimum atomic E-state index is -0.482. The molecule has 0 saturated carbocycles. The molecule has 1 aliphatic carbocycles. The van der Waals surface area contributed by atoms with Crippen LogP contribution in [0.1, 0.15) is 42.0 Å². The molecule has 112 valence electrons. The van der Waals surface area contributed by atoms with Crippen molar-refractivity contribution in [2.45, 2.75) is 38.3 Å². The SMILES string of the molecule is CNC1CCCCc2cn(Cc3c(F)cccc3F)cc21. The van der Waals surface area contributed by atoms with Crippen LogP contribution in [0.15, 0.2) is 30.6 Å². The summed E-state index contributed by atoms with van der Waals surface area (Å²) in [5.74, 6) is -0.965. The summed E-state index contributed by atoms with van der Waals surface area (Å²) < 4.78 is 29.4. The van der Waals surface area contributed by atoms with E-state index in [2.05, 4.69) is 5.32 Å². The Labute approximate surface area is 123 Å². The molecule has 0 radical (unpaired) electrons. The van der Waals surface area contributed by atoms with Gasteiger partial charge in [0.2, 0.25) is 0 Å². The molecule has 0 aliphatic heterocycles. The molecule has 21 heavy (non-hydrogen) atoms. The number of nitrogens with one attached hydrogen (secondary N) is 1. The van der Waals surface area contributed by atoms with E-state index < -0.39 is 11.6 Å². The quantitative estimate of drug-likeness (QED) is 0.851. The Morgan fingerprint density at radius 1 is 1.19 bits per heavy atom. The van der Waals surface area contributed by atoms with Gasteiger partial charge in [0.25, 0.3) is 0 Å².